The Hall–Kier alpha value is -1.84. The molecule has 0 spiro atoms. The van der Waals surface area contributed by atoms with Crippen LogP contribution in [0.25, 0.3) is 0 Å². The number of amides is 2. The average molecular weight is 302 g/mol. The third-order valence-electron chi connectivity index (χ3n) is 4.17. The maximum absolute atomic E-state index is 12.1. The van der Waals surface area contributed by atoms with Crippen LogP contribution in [0.15, 0.2) is 24.3 Å². The number of nitrogens with one attached hydrogen (secondary N) is 2. The summed E-state index contributed by atoms with van der Waals surface area (Å²) in [7, 11) is 0. The van der Waals surface area contributed by atoms with Gasteiger partial charge in [-0.15, -0.1) is 0 Å². The second-order valence-electron chi connectivity index (χ2n) is 6.00. The Balaban J connectivity index is 1.83. The molecule has 1 saturated carbocycles. The van der Waals surface area contributed by atoms with Crippen LogP contribution in [0.2, 0.25) is 0 Å². The Morgan fingerprint density at radius 1 is 1.00 bits per heavy atom. The summed E-state index contributed by atoms with van der Waals surface area (Å²) in [4.78, 5) is 24.1. The van der Waals surface area contributed by atoms with Crippen molar-refractivity contribution in [1.29, 1.82) is 0 Å². The molecule has 0 saturated heterocycles. The normalized spacial score (nSPS) is 14.8. The molecule has 0 aliphatic heterocycles. The Bertz CT molecular complexity index is 490. The lowest BCUT2D eigenvalue weighted by Crippen LogP contribution is -2.32. The molecule has 1 aliphatic carbocycles. The van der Waals surface area contributed by atoms with Crippen molar-refractivity contribution in [2.75, 3.05) is 6.54 Å². The number of hydrogen-bond acceptors (Lipinski definition) is 2. The number of benzene rings is 1. The van der Waals surface area contributed by atoms with Crippen molar-refractivity contribution >= 4 is 11.8 Å². The van der Waals surface area contributed by atoms with Gasteiger partial charge in [0.2, 0.25) is 0 Å². The van der Waals surface area contributed by atoms with E-state index in [4.69, 9.17) is 0 Å². The first kappa shape index (κ1) is 16.5. The van der Waals surface area contributed by atoms with Gasteiger partial charge in [-0.1, -0.05) is 32.6 Å². The minimum Gasteiger partial charge on any atom is -0.352 e. The van der Waals surface area contributed by atoms with Gasteiger partial charge >= 0.3 is 0 Å². The number of unbranched alkanes of at least 4 members (excludes halogenated alkanes) is 2. The summed E-state index contributed by atoms with van der Waals surface area (Å²) >= 11 is 0. The monoisotopic (exact) mass is 302 g/mol. The lowest BCUT2D eigenvalue weighted by molar-refractivity contribution is 0.0931. The molecule has 2 amide bonds. The van der Waals surface area contributed by atoms with Crippen LogP contribution in [-0.4, -0.2) is 24.4 Å². The van der Waals surface area contributed by atoms with Gasteiger partial charge in [-0.05, 0) is 43.5 Å². The van der Waals surface area contributed by atoms with Crippen LogP contribution in [0.3, 0.4) is 0 Å². The fraction of sp³-hybridized carbons (Fsp3) is 0.556. The van der Waals surface area contributed by atoms with Crippen molar-refractivity contribution in [3.63, 3.8) is 0 Å². The zero-order valence-corrected chi connectivity index (χ0v) is 13.4. The first-order valence-electron chi connectivity index (χ1n) is 8.40. The quantitative estimate of drug-likeness (QED) is 0.759. The summed E-state index contributed by atoms with van der Waals surface area (Å²) in [6, 6.07) is 7.21. The molecule has 1 aromatic rings. The largest absolute Gasteiger partial charge is 0.352 e. The van der Waals surface area contributed by atoms with Gasteiger partial charge in [0.25, 0.3) is 11.8 Å². The van der Waals surface area contributed by atoms with E-state index in [-0.39, 0.29) is 11.8 Å². The zero-order chi connectivity index (χ0) is 15.8. The SMILES string of the molecule is CCCCCNC(=O)c1ccc(C(=O)NC2CCCC2)cc1. The summed E-state index contributed by atoms with van der Waals surface area (Å²) in [6.45, 7) is 2.84. The highest BCUT2D eigenvalue weighted by Gasteiger charge is 2.18. The molecule has 1 fully saturated rings. The molecule has 1 aliphatic rings. The Kier molecular flexibility index (Phi) is 6.44. The second kappa shape index (κ2) is 8.57. The van der Waals surface area contributed by atoms with Crippen LogP contribution in [0.1, 0.15) is 72.6 Å². The van der Waals surface area contributed by atoms with Crippen molar-refractivity contribution in [3.05, 3.63) is 35.4 Å². The van der Waals surface area contributed by atoms with E-state index in [2.05, 4.69) is 17.6 Å². The second-order valence-corrected chi connectivity index (χ2v) is 6.00. The van der Waals surface area contributed by atoms with E-state index in [0.29, 0.717) is 23.7 Å². The molecule has 120 valence electrons. The molecule has 0 radical (unpaired) electrons. The molecule has 0 heterocycles. The fourth-order valence-corrected chi connectivity index (χ4v) is 2.79. The van der Waals surface area contributed by atoms with Gasteiger partial charge < -0.3 is 10.6 Å². The summed E-state index contributed by atoms with van der Waals surface area (Å²) < 4.78 is 0. The zero-order valence-electron chi connectivity index (χ0n) is 13.4. The molecular weight excluding hydrogens is 276 g/mol. The van der Waals surface area contributed by atoms with E-state index >= 15 is 0 Å². The van der Waals surface area contributed by atoms with E-state index in [0.717, 1.165) is 32.1 Å². The smallest absolute Gasteiger partial charge is 0.251 e. The van der Waals surface area contributed by atoms with Gasteiger partial charge in [0.15, 0.2) is 0 Å². The van der Waals surface area contributed by atoms with Crippen LogP contribution < -0.4 is 10.6 Å². The van der Waals surface area contributed by atoms with Gasteiger partial charge in [-0.3, -0.25) is 9.59 Å². The van der Waals surface area contributed by atoms with Gasteiger partial charge in [0, 0.05) is 23.7 Å². The van der Waals surface area contributed by atoms with Crippen molar-refractivity contribution in [1.82, 2.24) is 10.6 Å². The lowest BCUT2D eigenvalue weighted by Gasteiger charge is -2.12. The van der Waals surface area contributed by atoms with Crippen LogP contribution in [0.4, 0.5) is 0 Å². The maximum Gasteiger partial charge on any atom is 0.251 e. The summed E-state index contributed by atoms with van der Waals surface area (Å²) in [5, 5.41) is 5.95. The van der Waals surface area contributed by atoms with Crippen LogP contribution in [0.5, 0.6) is 0 Å². The highest BCUT2D eigenvalue weighted by molar-refractivity contribution is 5.97. The van der Waals surface area contributed by atoms with Crippen LogP contribution in [0, 0.1) is 0 Å². The summed E-state index contributed by atoms with van der Waals surface area (Å²) in [5.74, 6) is -0.111. The van der Waals surface area contributed by atoms with Crippen molar-refractivity contribution in [2.24, 2.45) is 0 Å². The van der Waals surface area contributed by atoms with Gasteiger partial charge in [0.1, 0.15) is 0 Å². The molecule has 2 N–H and O–H groups in total. The van der Waals surface area contributed by atoms with E-state index < -0.39 is 0 Å². The van der Waals surface area contributed by atoms with Crippen molar-refractivity contribution in [3.8, 4) is 0 Å². The third-order valence-corrected chi connectivity index (χ3v) is 4.17. The van der Waals surface area contributed by atoms with E-state index in [1.807, 2.05) is 0 Å². The molecule has 1 aromatic carbocycles. The van der Waals surface area contributed by atoms with E-state index in [1.54, 1.807) is 24.3 Å². The van der Waals surface area contributed by atoms with Crippen molar-refractivity contribution < 1.29 is 9.59 Å². The number of hydrogen-bond donors (Lipinski definition) is 2. The predicted molar refractivity (Wildman–Crippen MR) is 88.0 cm³/mol. The molecule has 0 atom stereocenters. The Labute approximate surface area is 132 Å². The Morgan fingerprint density at radius 3 is 2.18 bits per heavy atom. The first-order valence-corrected chi connectivity index (χ1v) is 8.40. The van der Waals surface area contributed by atoms with E-state index in [9.17, 15) is 9.59 Å². The first-order chi connectivity index (χ1) is 10.7. The topological polar surface area (TPSA) is 58.2 Å². The molecule has 4 nitrogen and oxygen atoms in total. The standard InChI is InChI=1S/C18H26N2O2/c1-2-3-6-13-19-17(21)14-9-11-15(12-10-14)18(22)20-16-7-4-5-8-16/h9-12,16H,2-8,13H2,1H3,(H,19,21)(H,20,22). The third kappa shape index (κ3) is 4.86. The molecule has 0 unspecified atom stereocenters. The van der Waals surface area contributed by atoms with Crippen molar-refractivity contribution in [2.45, 2.75) is 57.9 Å². The minimum atomic E-state index is -0.0705. The van der Waals surface area contributed by atoms with Gasteiger partial charge in [0.05, 0.1) is 0 Å². The maximum atomic E-state index is 12.1. The Morgan fingerprint density at radius 2 is 1.59 bits per heavy atom. The number of carbonyl (C=O) groups is 2. The van der Waals surface area contributed by atoms with Gasteiger partial charge in [-0.2, -0.15) is 0 Å². The molecule has 22 heavy (non-hydrogen) atoms. The molecule has 0 bridgehead atoms. The highest BCUT2D eigenvalue weighted by Crippen LogP contribution is 2.18. The molecule has 4 heteroatoms. The fourth-order valence-electron chi connectivity index (χ4n) is 2.79. The summed E-state index contributed by atoms with van der Waals surface area (Å²) in [5.41, 5.74) is 1.23. The molecular formula is C18H26N2O2. The minimum absolute atomic E-state index is 0.0400. The highest BCUT2D eigenvalue weighted by atomic mass is 16.2. The van der Waals surface area contributed by atoms with Gasteiger partial charge in [-0.25, -0.2) is 0 Å². The summed E-state index contributed by atoms with van der Waals surface area (Å²) in [6.07, 6.45) is 7.81. The van der Waals surface area contributed by atoms with E-state index in [1.165, 1.54) is 12.8 Å². The lowest BCUT2D eigenvalue weighted by atomic mass is 10.1. The van der Waals surface area contributed by atoms with Crippen LogP contribution in [-0.2, 0) is 0 Å². The molecule has 2 rings (SSSR count). The number of rotatable bonds is 7. The average Bonchev–Trinajstić information content (AvgIpc) is 3.04. The number of carbonyl (C=O) groups excluding carboxylic acids is 2. The van der Waals surface area contributed by atoms with Crippen LogP contribution >= 0.6 is 0 Å². The molecule has 0 aromatic heterocycles. The predicted octanol–water partition coefficient (Wildman–Crippen LogP) is 3.28.